The lowest BCUT2D eigenvalue weighted by Gasteiger charge is -2.34. The Kier molecular flexibility index (Phi) is 7.34. The lowest BCUT2D eigenvalue weighted by molar-refractivity contribution is -0.142. The summed E-state index contributed by atoms with van der Waals surface area (Å²) in [4.78, 5) is 44.8. The fraction of sp³-hybridized carbons (Fsp3) is 0.640. The highest BCUT2D eigenvalue weighted by molar-refractivity contribution is 5.98. The monoisotopic (exact) mass is 456 g/mol. The molecule has 0 bridgehead atoms. The molecule has 33 heavy (non-hydrogen) atoms. The molecular formula is C25H36N4O4. The number of likely N-dealkylation sites (tertiary alicyclic amines) is 1. The zero-order valence-corrected chi connectivity index (χ0v) is 20.0. The van der Waals surface area contributed by atoms with Crippen molar-refractivity contribution in [1.29, 1.82) is 0 Å². The molecule has 3 atom stereocenters. The van der Waals surface area contributed by atoms with E-state index in [0.717, 1.165) is 38.3 Å². The molecule has 1 N–H and O–H groups in total. The molecular weight excluding hydrogens is 420 g/mol. The summed E-state index contributed by atoms with van der Waals surface area (Å²) in [5.74, 6) is -0.0927. The fourth-order valence-corrected chi connectivity index (χ4v) is 5.05. The summed E-state index contributed by atoms with van der Waals surface area (Å²) in [7, 11) is 2.13. The van der Waals surface area contributed by atoms with Gasteiger partial charge in [0.25, 0.3) is 5.91 Å². The van der Waals surface area contributed by atoms with Crippen LogP contribution in [0.15, 0.2) is 24.3 Å². The Labute approximate surface area is 196 Å². The van der Waals surface area contributed by atoms with Gasteiger partial charge in [0.05, 0.1) is 12.1 Å². The first-order chi connectivity index (χ1) is 15.8. The van der Waals surface area contributed by atoms with Gasteiger partial charge in [0.2, 0.25) is 5.91 Å². The predicted octanol–water partition coefficient (Wildman–Crippen LogP) is 1.54. The largest absolute Gasteiger partial charge is 0.369 e. The number of amides is 2. The van der Waals surface area contributed by atoms with E-state index in [2.05, 4.69) is 22.2 Å². The third kappa shape index (κ3) is 5.55. The molecule has 0 unspecified atom stereocenters. The van der Waals surface area contributed by atoms with Crippen molar-refractivity contribution in [2.45, 2.75) is 51.3 Å². The standard InChI is InChI=1S/C25H36N4O4/c1-17(2)14-21(25(32)29-9-8-23-22(29)15-20(30)16-33-23)26-24(31)18-4-6-19(7-5-18)28-12-10-27(3)11-13-28/h4-7,17,21-23H,8-16H2,1-3H3,(H,26,31)/t21-,22+,23+/m0/s1. The number of hydrogen-bond acceptors (Lipinski definition) is 6. The van der Waals surface area contributed by atoms with Gasteiger partial charge in [0.15, 0.2) is 5.78 Å². The van der Waals surface area contributed by atoms with Crippen LogP contribution in [0, 0.1) is 5.92 Å². The number of nitrogens with one attached hydrogen (secondary N) is 1. The van der Waals surface area contributed by atoms with E-state index >= 15 is 0 Å². The zero-order valence-electron chi connectivity index (χ0n) is 20.0. The second-order valence-corrected chi connectivity index (χ2v) is 9.97. The number of hydrogen-bond donors (Lipinski definition) is 1. The van der Waals surface area contributed by atoms with E-state index in [0.29, 0.717) is 24.9 Å². The van der Waals surface area contributed by atoms with Crippen molar-refractivity contribution >= 4 is 23.3 Å². The minimum Gasteiger partial charge on any atom is -0.369 e. The number of anilines is 1. The molecule has 3 aliphatic rings. The number of Topliss-reactive ketones (excluding diaryl/α,β-unsaturated/α-hetero) is 1. The van der Waals surface area contributed by atoms with Crippen LogP contribution in [0.25, 0.3) is 0 Å². The Morgan fingerprint density at radius 3 is 2.45 bits per heavy atom. The molecule has 0 saturated carbocycles. The van der Waals surface area contributed by atoms with Gasteiger partial charge in [-0.05, 0) is 50.1 Å². The van der Waals surface area contributed by atoms with Gasteiger partial charge in [-0.15, -0.1) is 0 Å². The molecule has 0 aliphatic carbocycles. The van der Waals surface area contributed by atoms with Gasteiger partial charge < -0.3 is 24.8 Å². The molecule has 0 aromatic heterocycles. The first-order valence-corrected chi connectivity index (χ1v) is 12.1. The number of benzene rings is 1. The topological polar surface area (TPSA) is 82.2 Å². The molecule has 3 fully saturated rings. The summed E-state index contributed by atoms with van der Waals surface area (Å²) in [5.41, 5.74) is 1.66. The second-order valence-electron chi connectivity index (χ2n) is 9.97. The van der Waals surface area contributed by atoms with Crippen molar-refractivity contribution in [3.05, 3.63) is 29.8 Å². The van der Waals surface area contributed by atoms with E-state index in [9.17, 15) is 14.4 Å². The number of carbonyl (C=O) groups excluding carboxylic acids is 3. The molecule has 1 aromatic carbocycles. The van der Waals surface area contributed by atoms with E-state index in [4.69, 9.17) is 4.74 Å². The van der Waals surface area contributed by atoms with Gasteiger partial charge in [0.1, 0.15) is 12.6 Å². The molecule has 3 aliphatic heterocycles. The number of likely N-dealkylation sites (N-methyl/N-ethyl adjacent to an activating group) is 1. The molecule has 4 rings (SSSR count). The van der Waals surface area contributed by atoms with Gasteiger partial charge in [-0.25, -0.2) is 0 Å². The second kappa shape index (κ2) is 10.2. The van der Waals surface area contributed by atoms with E-state index in [1.165, 1.54) is 0 Å². The fourth-order valence-electron chi connectivity index (χ4n) is 5.05. The van der Waals surface area contributed by atoms with Crippen LogP contribution < -0.4 is 10.2 Å². The molecule has 2 amide bonds. The van der Waals surface area contributed by atoms with Crippen LogP contribution in [-0.2, 0) is 14.3 Å². The lowest BCUT2D eigenvalue weighted by atomic mass is 9.99. The van der Waals surface area contributed by atoms with Gasteiger partial charge >= 0.3 is 0 Å². The van der Waals surface area contributed by atoms with Gasteiger partial charge in [0, 0.05) is 50.4 Å². The third-order valence-corrected chi connectivity index (χ3v) is 6.97. The van der Waals surface area contributed by atoms with Crippen LogP contribution in [0.5, 0.6) is 0 Å². The van der Waals surface area contributed by atoms with Crippen LogP contribution in [-0.4, -0.2) is 92.0 Å². The first kappa shape index (κ1) is 23.7. The first-order valence-electron chi connectivity index (χ1n) is 12.1. The van der Waals surface area contributed by atoms with Crippen molar-refractivity contribution < 1.29 is 19.1 Å². The molecule has 8 nitrogen and oxygen atoms in total. The maximum absolute atomic E-state index is 13.4. The molecule has 0 radical (unpaired) electrons. The van der Waals surface area contributed by atoms with E-state index in [1.807, 2.05) is 38.1 Å². The van der Waals surface area contributed by atoms with Crippen LogP contribution in [0.2, 0.25) is 0 Å². The number of carbonyl (C=O) groups is 3. The van der Waals surface area contributed by atoms with Gasteiger partial charge in [-0.3, -0.25) is 14.4 Å². The molecule has 8 heteroatoms. The van der Waals surface area contributed by atoms with Crippen LogP contribution >= 0.6 is 0 Å². The Morgan fingerprint density at radius 2 is 1.79 bits per heavy atom. The molecule has 3 saturated heterocycles. The van der Waals surface area contributed by atoms with Crippen molar-refractivity contribution in [3.8, 4) is 0 Å². The van der Waals surface area contributed by atoms with Crippen LogP contribution in [0.4, 0.5) is 5.69 Å². The summed E-state index contributed by atoms with van der Waals surface area (Å²) in [6.07, 6.45) is 1.54. The van der Waals surface area contributed by atoms with Gasteiger partial charge in [-0.1, -0.05) is 13.8 Å². The van der Waals surface area contributed by atoms with E-state index in [1.54, 1.807) is 4.90 Å². The SMILES string of the molecule is CC(C)C[C@H](NC(=O)c1ccc(N2CCN(C)CC2)cc1)C(=O)N1CC[C@H]2OCC(=O)C[C@H]21. The summed E-state index contributed by atoms with van der Waals surface area (Å²) in [5, 5.41) is 2.98. The number of nitrogens with zero attached hydrogens (tertiary/aromatic N) is 3. The average molecular weight is 457 g/mol. The highest BCUT2D eigenvalue weighted by atomic mass is 16.5. The Morgan fingerprint density at radius 1 is 1.09 bits per heavy atom. The maximum Gasteiger partial charge on any atom is 0.251 e. The van der Waals surface area contributed by atoms with Crippen molar-refractivity contribution in [1.82, 2.24) is 15.1 Å². The number of rotatable bonds is 6. The minimum atomic E-state index is -0.620. The van der Waals surface area contributed by atoms with Gasteiger partial charge in [-0.2, -0.15) is 0 Å². The number of piperazine rings is 1. The maximum atomic E-state index is 13.4. The normalized spacial score (nSPS) is 24.7. The van der Waals surface area contributed by atoms with E-state index in [-0.39, 0.29) is 42.3 Å². The molecule has 1 aromatic rings. The zero-order chi connectivity index (χ0) is 23.5. The number of fused-ring (bicyclic) bond motifs is 1. The van der Waals surface area contributed by atoms with Crippen LogP contribution in [0.3, 0.4) is 0 Å². The van der Waals surface area contributed by atoms with E-state index < -0.39 is 6.04 Å². The summed E-state index contributed by atoms with van der Waals surface area (Å²) < 4.78 is 5.64. The average Bonchev–Trinajstić information content (AvgIpc) is 3.21. The summed E-state index contributed by atoms with van der Waals surface area (Å²) in [6, 6.07) is 6.79. The number of ketones is 1. The lowest BCUT2D eigenvalue weighted by Crippen LogP contribution is -2.53. The Hall–Kier alpha value is -2.45. The number of ether oxygens (including phenoxy) is 1. The van der Waals surface area contributed by atoms with Crippen molar-refractivity contribution in [3.63, 3.8) is 0 Å². The Bertz CT molecular complexity index is 864. The predicted molar refractivity (Wildman–Crippen MR) is 126 cm³/mol. The Balaban J connectivity index is 1.42. The van der Waals surface area contributed by atoms with Crippen molar-refractivity contribution in [2.24, 2.45) is 5.92 Å². The highest BCUT2D eigenvalue weighted by Gasteiger charge is 2.43. The third-order valence-electron chi connectivity index (χ3n) is 6.97. The summed E-state index contributed by atoms with van der Waals surface area (Å²) >= 11 is 0. The molecule has 180 valence electrons. The molecule has 0 spiro atoms. The summed E-state index contributed by atoms with van der Waals surface area (Å²) in [6.45, 7) is 8.76. The smallest absolute Gasteiger partial charge is 0.251 e. The van der Waals surface area contributed by atoms with Crippen LogP contribution in [0.1, 0.15) is 43.5 Å². The minimum absolute atomic E-state index is 0.0286. The molecule has 3 heterocycles. The highest BCUT2D eigenvalue weighted by Crippen LogP contribution is 2.28. The van der Waals surface area contributed by atoms with Crippen molar-refractivity contribution in [2.75, 3.05) is 51.3 Å². The quantitative estimate of drug-likeness (QED) is 0.699.